The molecule has 1 aliphatic carbocycles. The Kier molecular flexibility index (Phi) is 2.63. The van der Waals surface area contributed by atoms with Crippen LogP contribution in [0.15, 0.2) is 30.5 Å². The Morgan fingerprint density at radius 1 is 1.39 bits per heavy atom. The SMILES string of the molecule is O=C(O)c1cnc2ccccc2c1NCC1CC1. The molecule has 0 unspecified atom stereocenters. The van der Waals surface area contributed by atoms with Crippen molar-refractivity contribution in [2.75, 3.05) is 11.9 Å². The summed E-state index contributed by atoms with van der Waals surface area (Å²) < 4.78 is 0. The number of hydrogen-bond donors (Lipinski definition) is 2. The van der Waals surface area contributed by atoms with E-state index in [0.717, 1.165) is 17.4 Å². The van der Waals surface area contributed by atoms with Crippen molar-refractivity contribution in [3.63, 3.8) is 0 Å². The average molecular weight is 242 g/mol. The molecule has 0 atom stereocenters. The molecule has 0 bridgehead atoms. The highest BCUT2D eigenvalue weighted by molar-refractivity contribution is 6.04. The molecule has 1 aliphatic rings. The summed E-state index contributed by atoms with van der Waals surface area (Å²) >= 11 is 0. The van der Waals surface area contributed by atoms with Gasteiger partial charge in [-0.3, -0.25) is 4.98 Å². The van der Waals surface area contributed by atoms with E-state index in [1.54, 1.807) is 0 Å². The first-order valence-electron chi connectivity index (χ1n) is 6.10. The van der Waals surface area contributed by atoms with Crippen molar-refractivity contribution in [3.8, 4) is 0 Å². The third kappa shape index (κ3) is 2.01. The largest absolute Gasteiger partial charge is 0.478 e. The third-order valence-corrected chi connectivity index (χ3v) is 3.27. The van der Waals surface area contributed by atoms with Crippen LogP contribution in [0.3, 0.4) is 0 Å². The van der Waals surface area contributed by atoms with E-state index in [0.29, 0.717) is 11.6 Å². The second-order valence-corrected chi connectivity index (χ2v) is 4.69. The van der Waals surface area contributed by atoms with Gasteiger partial charge in [-0.1, -0.05) is 18.2 Å². The summed E-state index contributed by atoms with van der Waals surface area (Å²) in [6, 6.07) is 7.60. The van der Waals surface area contributed by atoms with Gasteiger partial charge in [-0.15, -0.1) is 0 Å². The fourth-order valence-corrected chi connectivity index (χ4v) is 2.06. The van der Waals surface area contributed by atoms with Crippen molar-refractivity contribution in [2.45, 2.75) is 12.8 Å². The van der Waals surface area contributed by atoms with Crippen molar-refractivity contribution in [3.05, 3.63) is 36.0 Å². The Bertz CT molecular complexity index is 606. The maximum Gasteiger partial charge on any atom is 0.339 e. The van der Waals surface area contributed by atoms with Crippen LogP contribution in [0.25, 0.3) is 10.9 Å². The van der Waals surface area contributed by atoms with Crippen molar-refractivity contribution in [1.29, 1.82) is 0 Å². The molecule has 1 heterocycles. The number of pyridine rings is 1. The molecule has 0 saturated heterocycles. The van der Waals surface area contributed by atoms with Crippen LogP contribution in [0, 0.1) is 5.92 Å². The molecule has 3 rings (SSSR count). The van der Waals surface area contributed by atoms with Gasteiger partial charge in [0.25, 0.3) is 0 Å². The summed E-state index contributed by atoms with van der Waals surface area (Å²) in [6.45, 7) is 0.842. The minimum absolute atomic E-state index is 0.245. The number of fused-ring (bicyclic) bond motifs is 1. The van der Waals surface area contributed by atoms with Gasteiger partial charge in [0.2, 0.25) is 0 Å². The number of benzene rings is 1. The van der Waals surface area contributed by atoms with Gasteiger partial charge >= 0.3 is 5.97 Å². The van der Waals surface area contributed by atoms with Gasteiger partial charge in [0.1, 0.15) is 5.56 Å². The molecule has 0 radical (unpaired) electrons. The van der Waals surface area contributed by atoms with E-state index in [2.05, 4.69) is 10.3 Å². The number of para-hydroxylation sites is 1. The van der Waals surface area contributed by atoms with Crippen LogP contribution in [0.1, 0.15) is 23.2 Å². The summed E-state index contributed by atoms with van der Waals surface area (Å²) in [7, 11) is 0. The Morgan fingerprint density at radius 3 is 2.89 bits per heavy atom. The molecule has 4 nitrogen and oxygen atoms in total. The number of nitrogens with zero attached hydrogens (tertiary/aromatic N) is 1. The summed E-state index contributed by atoms with van der Waals surface area (Å²) in [5, 5.41) is 13.4. The molecule has 92 valence electrons. The quantitative estimate of drug-likeness (QED) is 0.865. The molecule has 2 aromatic rings. The van der Waals surface area contributed by atoms with Crippen molar-refractivity contribution in [2.24, 2.45) is 5.92 Å². The van der Waals surface area contributed by atoms with Crippen molar-refractivity contribution < 1.29 is 9.90 Å². The molecular formula is C14H14N2O2. The fourth-order valence-electron chi connectivity index (χ4n) is 2.06. The lowest BCUT2D eigenvalue weighted by molar-refractivity contribution is 0.0697. The number of rotatable bonds is 4. The second-order valence-electron chi connectivity index (χ2n) is 4.69. The molecule has 0 aliphatic heterocycles. The van der Waals surface area contributed by atoms with Crippen LogP contribution >= 0.6 is 0 Å². The van der Waals surface area contributed by atoms with Crippen molar-refractivity contribution in [1.82, 2.24) is 4.98 Å². The zero-order chi connectivity index (χ0) is 12.5. The number of aromatic nitrogens is 1. The summed E-state index contributed by atoms with van der Waals surface area (Å²) in [5.41, 5.74) is 1.76. The molecule has 1 saturated carbocycles. The first kappa shape index (κ1) is 11.0. The smallest absolute Gasteiger partial charge is 0.339 e. The molecule has 0 amide bonds. The molecule has 2 N–H and O–H groups in total. The number of anilines is 1. The first-order chi connectivity index (χ1) is 8.75. The lowest BCUT2D eigenvalue weighted by atomic mass is 10.1. The fraction of sp³-hybridized carbons (Fsp3) is 0.286. The number of carbonyl (C=O) groups is 1. The molecule has 1 aromatic heterocycles. The Morgan fingerprint density at radius 2 is 2.17 bits per heavy atom. The number of hydrogen-bond acceptors (Lipinski definition) is 3. The summed E-state index contributed by atoms with van der Waals surface area (Å²) in [5.74, 6) is -0.245. The highest BCUT2D eigenvalue weighted by Gasteiger charge is 2.22. The van der Waals surface area contributed by atoms with E-state index in [-0.39, 0.29) is 5.56 Å². The van der Waals surface area contributed by atoms with Gasteiger partial charge < -0.3 is 10.4 Å². The summed E-state index contributed by atoms with van der Waals surface area (Å²) in [6.07, 6.45) is 3.90. The zero-order valence-corrected chi connectivity index (χ0v) is 9.89. The van der Waals surface area contributed by atoms with E-state index in [1.807, 2.05) is 24.3 Å². The van der Waals surface area contributed by atoms with Gasteiger partial charge in [-0.05, 0) is 24.8 Å². The van der Waals surface area contributed by atoms with Crippen LogP contribution in [0.2, 0.25) is 0 Å². The zero-order valence-electron chi connectivity index (χ0n) is 9.89. The van der Waals surface area contributed by atoms with Crippen LogP contribution < -0.4 is 5.32 Å². The topological polar surface area (TPSA) is 62.2 Å². The number of nitrogens with one attached hydrogen (secondary N) is 1. The van der Waals surface area contributed by atoms with Crippen molar-refractivity contribution >= 4 is 22.6 Å². The number of carboxylic acid groups (broad SMARTS) is 1. The minimum atomic E-state index is -0.938. The van der Waals surface area contributed by atoms with E-state index < -0.39 is 5.97 Å². The maximum absolute atomic E-state index is 11.2. The van der Waals surface area contributed by atoms with E-state index in [9.17, 15) is 9.90 Å². The monoisotopic (exact) mass is 242 g/mol. The lowest BCUT2D eigenvalue weighted by Gasteiger charge is -2.11. The first-order valence-corrected chi connectivity index (χ1v) is 6.10. The van der Waals surface area contributed by atoms with Crippen LogP contribution in [-0.4, -0.2) is 22.6 Å². The third-order valence-electron chi connectivity index (χ3n) is 3.27. The van der Waals surface area contributed by atoms with E-state index >= 15 is 0 Å². The van der Waals surface area contributed by atoms with Crippen LogP contribution in [0.4, 0.5) is 5.69 Å². The molecule has 18 heavy (non-hydrogen) atoms. The Balaban J connectivity index is 2.08. The molecule has 0 spiro atoms. The second kappa shape index (κ2) is 4.29. The van der Waals surface area contributed by atoms with Gasteiger partial charge in [0.05, 0.1) is 11.2 Å². The molecular weight excluding hydrogens is 228 g/mol. The average Bonchev–Trinajstić information content (AvgIpc) is 3.19. The number of aromatic carboxylic acids is 1. The lowest BCUT2D eigenvalue weighted by Crippen LogP contribution is -2.10. The predicted octanol–water partition coefficient (Wildman–Crippen LogP) is 2.75. The predicted molar refractivity (Wildman–Crippen MR) is 69.9 cm³/mol. The number of carboxylic acids is 1. The maximum atomic E-state index is 11.2. The van der Waals surface area contributed by atoms with Crippen LogP contribution in [-0.2, 0) is 0 Å². The van der Waals surface area contributed by atoms with Gasteiger partial charge in [0.15, 0.2) is 0 Å². The Labute approximate surface area is 105 Å². The summed E-state index contributed by atoms with van der Waals surface area (Å²) in [4.78, 5) is 15.4. The van der Waals surface area contributed by atoms with Gasteiger partial charge in [-0.25, -0.2) is 4.79 Å². The van der Waals surface area contributed by atoms with E-state index in [4.69, 9.17) is 0 Å². The van der Waals surface area contributed by atoms with E-state index in [1.165, 1.54) is 19.0 Å². The van der Waals surface area contributed by atoms with Crippen LogP contribution in [0.5, 0.6) is 0 Å². The normalized spacial score (nSPS) is 14.7. The minimum Gasteiger partial charge on any atom is -0.478 e. The van der Waals surface area contributed by atoms with Gasteiger partial charge in [0, 0.05) is 18.1 Å². The highest BCUT2D eigenvalue weighted by Crippen LogP contribution is 2.31. The Hall–Kier alpha value is -2.10. The highest BCUT2D eigenvalue weighted by atomic mass is 16.4. The van der Waals surface area contributed by atoms with Gasteiger partial charge in [-0.2, -0.15) is 0 Å². The molecule has 4 heteroatoms. The molecule has 1 aromatic carbocycles. The standard InChI is InChI=1S/C14H14N2O2/c17-14(18)11-8-15-12-4-2-1-3-10(12)13(11)16-7-9-5-6-9/h1-4,8-9H,5-7H2,(H,15,16)(H,17,18). The molecule has 1 fully saturated rings.